The molecule has 2 N–H and O–H groups in total. The summed E-state index contributed by atoms with van der Waals surface area (Å²) >= 11 is 0. The molecule has 1 saturated heterocycles. The Morgan fingerprint density at radius 2 is 2.29 bits per heavy atom. The Balaban J connectivity index is 1.73. The molecule has 24 heavy (non-hydrogen) atoms. The second-order valence-corrected chi connectivity index (χ2v) is 6.70. The van der Waals surface area contributed by atoms with E-state index >= 15 is 0 Å². The molecule has 2 amide bonds. The van der Waals surface area contributed by atoms with Gasteiger partial charge in [-0.15, -0.1) is 0 Å². The molecule has 0 unspecified atom stereocenters. The predicted octanol–water partition coefficient (Wildman–Crippen LogP) is 0.626. The van der Waals surface area contributed by atoms with Crippen LogP contribution in [0.2, 0.25) is 0 Å². The third kappa shape index (κ3) is 5.96. The van der Waals surface area contributed by atoms with E-state index in [-0.39, 0.29) is 24.3 Å². The highest BCUT2D eigenvalue weighted by molar-refractivity contribution is 5.88. The standard InChI is InChI=1S/C17H29N5O2/c1-14(2)5-11-21-12-8-19-17(24)15(21)13-16(23)18-6-3-9-22-10-4-7-20-22/h4,7,10,14-15H,3,5-6,8-9,11-13H2,1-2H3,(H,18,23)(H,19,24)/t15-/m1/s1. The van der Waals surface area contributed by atoms with Crippen LogP contribution in [0.3, 0.4) is 0 Å². The topological polar surface area (TPSA) is 79.3 Å². The number of carbonyl (C=O) groups excluding carboxylic acids is 2. The van der Waals surface area contributed by atoms with E-state index in [2.05, 4.69) is 34.5 Å². The van der Waals surface area contributed by atoms with Crippen LogP contribution in [0.25, 0.3) is 0 Å². The Morgan fingerprint density at radius 3 is 3.00 bits per heavy atom. The van der Waals surface area contributed by atoms with Crippen molar-refractivity contribution in [3.05, 3.63) is 18.5 Å². The van der Waals surface area contributed by atoms with E-state index < -0.39 is 0 Å². The number of piperazine rings is 1. The lowest BCUT2D eigenvalue weighted by Gasteiger charge is -2.35. The lowest BCUT2D eigenvalue weighted by atomic mass is 10.1. The summed E-state index contributed by atoms with van der Waals surface area (Å²) in [7, 11) is 0. The Bertz CT molecular complexity index is 515. The minimum absolute atomic E-state index is 0.0308. The number of hydrogen-bond acceptors (Lipinski definition) is 4. The van der Waals surface area contributed by atoms with Gasteiger partial charge in [-0.2, -0.15) is 5.10 Å². The molecule has 1 aliphatic heterocycles. The summed E-state index contributed by atoms with van der Waals surface area (Å²) in [5.74, 6) is 0.496. The van der Waals surface area contributed by atoms with Gasteiger partial charge in [0.1, 0.15) is 0 Å². The van der Waals surface area contributed by atoms with Crippen LogP contribution in [0.15, 0.2) is 18.5 Å². The number of aryl methyl sites for hydroxylation is 1. The zero-order chi connectivity index (χ0) is 17.4. The third-order valence-electron chi connectivity index (χ3n) is 4.26. The number of rotatable bonds is 9. The summed E-state index contributed by atoms with van der Waals surface area (Å²) in [6, 6.07) is 1.54. The molecule has 7 heteroatoms. The molecule has 1 atom stereocenters. The van der Waals surface area contributed by atoms with Crippen LogP contribution in [0, 0.1) is 5.92 Å². The van der Waals surface area contributed by atoms with Gasteiger partial charge >= 0.3 is 0 Å². The second-order valence-electron chi connectivity index (χ2n) is 6.70. The van der Waals surface area contributed by atoms with E-state index in [0.717, 1.165) is 32.5 Å². The first kappa shape index (κ1) is 18.4. The molecule has 0 bridgehead atoms. The van der Waals surface area contributed by atoms with Crippen molar-refractivity contribution in [1.29, 1.82) is 0 Å². The smallest absolute Gasteiger partial charge is 0.237 e. The van der Waals surface area contributed by atoms with Crippen molar-refractivity contribution in [2.24, 2.45) is 5.92 Å². The Labute approximate surface area is 143 Å². The molecule has 2 rings (SSSR count). The maximum atomic E-state index is 12.2. The fraction of sp³-hybridized carbons (Fsp3) is 0.706. The summed E-state index contributed by atoms with van der Waals surface area (Å²) in [5.41, 5.74) is 0. The highest BCUT2D eigenvalue weighted by Crippen LogP contribution is 2.12. The van der Waals surface area contributed by atoms with Crippen molar-refractivity contribution in [1.82, 2.24) is 25.3 Å². The van der Waals surface area contributed by atoms with Crippen molar-refractivity contribution in [3.8, 4) is 0 Å². The maximum absolute atomic E-state index is 12.2. The minimum Gasteiger partial charge on any atom is -0.356 e. The Morgan fingerprint density at radius 1 is 1.46 bits per heavy atom. The highest BCUT2D eigenvalue weighted by Gasteiger charge is 2.31. The Kier molecular flexibility index (Phi) is 7.24. The first-order valence-corrected chi connectivity index (χ1v) is 8.82. The van der Waals surface area contributed by atoms with Crippen molar-refractivity contribution in [2.75, 3.05) is 26.2 Å². The van der Waals surface area contributed by atoms with Crippen LogP contribution in [0.5, 0.6) is 0 Å². The average molecular weight is 335 g/mol. The molecule has 0 radical (unpaired) electrons. The van der Waals surface area contributed by atoms with Crippen LogP contribution in [-0.2, 0) is 16.1 Å². The molecule has 7 nitrogen and oxygen atoms in total. The second kappa shape index (κ2) is 9.42. The van der Waals surface area contributed by atoms with Gasteiger partial charge < -0.3 is 10.6 Å². The SMILES string of the molecule is CC(C)CCN1CCNC(=O)[C@H]1CC(=O)NCCCn1cccn1. The molecule has 0 aliphatic carbocycles. The van der Waals surface area contributed by atoms with Gasteiger partial charge in [-0.25, -0.2) is 0 Å². The van der Waals surface area contributed by atoms with E-state index in [1.54, 1.807) is 6.20 Å². The van der Waals surface area contributed by atoms with Crippen molar-refractivity contribution in [2.45, 2.75) is 45.7 Å². The average Bonchev–Trinajstić information content (AvgIpc) is 3.05. The van der Waals surface area contributed by atoms with Gasteiger partial charge in [0.05, 0.1) is 12.5 Å². The number of nitrogens with one attached hydrogen (secondary N) is 2. The molecule has 1 aromatic heterocycles. The molecule has 1 aromatic rings. The number of hydrogen-bond donors (Lipinski definition) is 2. The van der Waals surface area contributed by atoms with Crippen LogP contribution in [0.4, 0.5) is 0 Å². The van der Waals surface area contributed by atoms with Crippen LogP contribution in [0.1, 0.15) is 33.1 Å². The lowest BCUT2D eigenvalue weighted by Crippen LogP contribution is -2.56. The van der Waals surface area contributed by atoms with Gasteiger partial charge in [0, 0.05) is 38.6 Å². The number of carbonyl (C=O) groups is 2. The van der Waals surface area contributed by atoms with Crippen molar-refractivity contribution in [3.63, 3.8) is 0 Å². The van der Waals surface area contributed by atoms with E-state index in [1.807, 2.05) is 16.9 Å². The van der Waals surface area contributed by atoms with E-state index in [1.165, 1.54) is 0 Å². The number of nitrogens with zero attached hydrogens (tertiary/aromatic N) is 3. The van der Waals surface area contributed by atoms with Gasteiger partial charge in [0.15, 0.2) is 0 Å². The zero-order valence-electron chi connectivity index (χ0n) is 14.7. The predicted molar refractivity (Wildman–Crippen MR) is 92.3 cm³/mol. The summed E-state index contributed by atoms with van der Waals surface area (Å²) in [6.45, 7) is 8.06. The molecular formula is C17H29N5O2. The number of aromatic nitrogens is 2. The maximum Gasteiger partial charge on any atom is 0.237 e. The van der Waals surface area contributed by atoms with Crippen LogP contribution in [-0.4, -0.2) is 58.7 Å². The fourth-order valence-electron chi connectivity index (χ4n) is 2.82. The molecule has 1 aliphatic rings. The first-order valence-electron chi connectivity index (χ1n) is 8.82. The third-order valence-corrected chi connectivity index (χ3v) is 4.26. The van der Waals surface area contributed by atoms with Crippen LogP contribution >= 0.6 is 0 Å². The molecule has 134 valence electrons. The van der Waals surface area contributed by atoms with Crippen molar-refractivity contribution < 1.29 is 9.59 Å². The normalized spacial score (nSPS) is 18.6. The van der Waals surface area contributed by atoms with Gasteiger partial charge in [0.25, 0.3) is 0 Å². The van der Waals surface area contributed by atoms with E-state index in [4.69, 9.17) is 0 Å². The zero-order valence-corrected chi connectivity index (χ0v) is 14.7. The molecule has 1 fully saturated rings. The first-order chi connectivity index (χ1) is 11.6. The minimum atomic E-state index is -0.344. The van der Waals surface area contributed by atoms with Gasteiger partial charge in [-0.3, -0.25) is 19.2 Å². The Hall–Kier alpha value is -1.89. The summed E-state index contributed by atoms with van der Waals surface area (Å²) in [4.78, 5) is 26.4. The van der Waals surface area contributed by atoms with Crippen LogP contribution < -0.4 is 10.6 Å². The number of amides is 2. The quantitative estimate of drug-likeness (QED) is 0.649. The molecule has 0 saturated carbocycles. The van der Waals surface area contributed by atoms with Gasteiger partial charge in [0.2, 0.25) is 11.8 Å². The summed E-state index contributed by atoms with van der Waals surface area (Å²) in [6.07, 6.45) is 5.73. The molecule has 0 spiro atoms. The fourth-order valence-corrected chi connectivity index (χ4v) is 2.82. The van der Waals surface area contributed by atoms with Gasteiger partial charge in [-0.05, 0) is 31.4 Å². The van der Waals surface area contributed by atoms with E-state index in [0.29, 0.717) is 19.0 Å². The monoisotopic (exact) mass is 335 g/mol. The summed E-state index contributed by atoms with van der Waals surface area (Å²) in [5, 5.41) is 9.91. The molecule has 0 aromatic carbocycles. The largest absolute Gasteiger partial charge is 0.356 e. The van der Waals surface area contributed by atoms with E-state index in [9.17, 15) is 9.59 Å². The highest BCUT2D eigenvalue weighted by atomic mass is 16.2. The van der Waals surface area contributed by atoms with Crippen molar-refractivity contribution >= 4 is 11.8 Å². The molecular weight excluding hydrogens is 306 g/mol. The molecule has 2 heterocycles. The lowest BCUT2D eigenvalue weighted by molar-refractivity contribution is -0.134. The van der Waals surface area contributed by atoms with Gasteiger partial charge in [-0.1, -0.05) is 13.8 Å². The summed E-state index contributed by atoms with van der Waals surface area (Å²) < 4.78 is 1.84.